The first-order valence-electron chi connectivity index (χ1n) is 7.51. The molecule has 1 atom stereocenters. The van der Waals surface area contributed by atoms with Crippen molar-refractivity contribution in [2.24, 2.45) is 10.2 Å². The molecule has 0 radical (unpaired) electrons. The number of amides is 1. The van der Waals surface area contributed by atoms with Gasteiger partial charge in [-0.2, -0.15) is 5.10 Å². The van der Waals surface area contributed by atoms with Crippen molar-refractivity contribution < 1.29 is 9.53 Å². The van der Waals surface area contributed by atoms with Crippen LogP contribution in [0.1, 0.15) is 11.1 Å². The summed E-state index contributed by atoms with van der Waals surface area (Å²) in [5.74, 6) is 0.768. The normalized spacial score (nSPS) is 19.0. The fourth-order valence-electron chi connectivity index (χ4n) is 2.25. The van der Waals surface area contributed by atoms with Crippen LogP contribution in [0.2, 0.25) is 0 Å². The van der Waals surface area contributed by atoms with Crippen molar-refractivity contribution in [1.29, 1.82) is 0 Å². The molecule has 2 aromatic rings. The highest BCUT2D eigenvalue weighted by molar-refractivity contribution is 8.15. The maximum Gasteiger partial charge on any atom is 0.239 e. The molecule has 2 aromatic carbocycles. The van der Waals surface area contributed by atoms with E-state index in [1.807, 2.05) is 54.6 Å². The van der Waals surface area contributed by atoms with E-state index in [1.54, 1.807) is 13.3 Å². The van der Waals surface area contributed by atoms with Crippen LogP contribution < -0.4 is 10.1 Å². The van der Waals surface area contributed by atoms with Crippen LogP contribution in [0, 0.1) is 0 Å². The van der Waals surface area contributed by atoms with E-state index in [0.29, 0.717) is 11.6 Å². The Morgan fingerprint density at radius 2 is 1.92 bits per heavy atom. The fourth-order valence-corrected chi connectivity index (χ4v) is 3.21. The van der Waals surface area contributed by atoms with Crippen molar-refractivity contribution in [3.8, 4) is 5.75 Å². The number of methoxy groups -OCH3 is 1. The molecule has 1 fully saturated rings. The smallest absolute Gasteiger partial charge is 0.239 e. The van der Waals surface area contributed by atoms with Crippen molar-refractivity contribution in [3.63, 3.8) is 0 Å². The predicted octanol–water partition coefficient (Wildman–Crippen LogP) is 2.86. The highest BCUT2D eigenvalue weighted by atomic mass is 32.2. The molecular formula is C18H17N3O2S. The number of rotatable bonds is 5. The van der Waals surface area contributed by atoms with Crippen LogP contribution in [0.4, 0.5) is 0 Å². The monoisotopic (exact) mass is 339 g/mol. The highest BCUT2D eigenvalue weighted by Crippen LogP contribution is 2.24. The van der Waals surface area contributed by atoms with E-state index in [9.17, 15) is 4.79 Å². The second-order valence-corrected chi connectivity index (χ2v) is 6.40. The van der Waals surface area contributed by atoms with Gasteiger partial charge in [0.1, 0.15) is 5.75 Å². The Morgan fingerprint density at radius 3 is 2.62 bits per heavy atom. The van der Waals surface area contributed by atoms with Gasteiger partial charge in [0, 0.05) is 0 Å². The number of hydrogen-bond acceptors (Lipinski definition) is 5. The van der Waals surface area contributed by atoms with E-state index in [-0.39, 0.29) is 11.2 Å². The lowest BCUT2D eigenvalue weighted by atomic mass is 10.1. The van der Waals surface area contributed by atoms with E-state index < -0.39 is 0 Å². The summed E-state index contributed by atoms with van der Waals surface area (Å²) in [4.78, 5) is 12.1. The van der Waals surface area contributed by atoms with Gasteiger partial charge in [0.25, 0.3) is 0 Å². The third-order valence-corrected chi connectivity index (χ3v) is 4.58. The van der Waals surface area contributed by atoms with Crippen molar-refractivity contribution >= 4 is 29.1 Å². The van der Waals surface area contributed by atoms with Gasteiger partial charge in [-0.15, -0.1) is 5.10 Å². The van der Waals surface area contributed by atoms with E-state index >= 15 is 0 Å². The summed E-state index contributed by atoms with van der Waals surface area (Å²) in [5.41, 5.74) is 2.04. The van der Waals surface area contributed by atoms with Crippen molar-refractivity contribution in [3.05, 3.63) is 65.7 Å². The molecule has 6 heteroatoms. The largest absolute Gasteiger partial charge is 0.497 e. The first-order valence-corrected chi connectivity index (χ1v) is 8.39. The third-order valence-electron chi connectivity index (χ3n) is 3.51. The number of benzene rings is 2. The summed E-state index contributed by atoms with van der Waals surface area (Å²) in [7, 11) is 1.63. The van der Waals surface area contributed by atoms with Gasteiger partial charge in [-0.1, -0.05) is 54.2 Å². The SMILES string of the molecule is COc1ccc(C[C@H]2S/C(=N/N=Cc3ccccc3)NC2=O)cc1. The minimum Gasteiger partial charge on any atom is -0.497 e. The quantitative estimate of drug-likeness (QED) is 0.673. The van der Waals surface area contributed by atoms with E-state index in [4.69, 9.17) is 4.74 Å². The molecule has 1 aliphatic heterocycles. The van der Waals surface area contributed by atoms with Crippen LogP contribution in [0.15, 0.2) is 64.8 Å². The predicted molar refractivity (Wildman–Crippen MR) is 97.7 cm³/mol. The Hall–Kier alpha value is -2.60. The minimum atomic E-state index is -0.191. The van der Waals surface area contributed by atoms with Crippen molar-refractivity contribution in [2.75, 3.05) is 7.11 Å². The molecule has 1 aliphatic rings. The number of thioether (sulfide) groups is 1. The molecule has 5 nitrogen and oxygen atoms in total. The number of carbonyl (C=O) groups excluding carboxylic acids is 1. The molecular weight excluding hydrogens is 322 g/mol. The summed E-state index contributed by atoms with van der Waals surface area (Å²) in [6, 6.07) is 17.4. The number of hydrogen-bond donors (Lipinski definition) is 1. The van der Waals surface area contributed by atoms with Gasteiger partial charge in [-0.25, -0.2) is 0 Å². The topological polar surface area (TPSA) is 63.1 Å². The Bertz CT molecular complexity index is 758. The van der Waals surface area contributed by atoms with Gasteiger partial charge in [0.05, 0.1) is 18.6 Å². The Morgan fingerprint density at radius 1 is 1.17 bits per heavy atom. The summed E-state index contributed by atoms with van der Waals surface area (Å²) < 4.78 is 5.14. The molecule has 0 saturated carbocycles. The molecule has 1 heterocycles. The number of carbonyl (C=O) groups is 1. The van der Waals surface area contributed by atoms with Gasteiger partial charge < -0.3 is 10.1 Å². The number of nitrogens with one attached hydrogen (secondary N) is 1. The molecule has 3 rings (SSSR count). The number of amidine groups is 1. The Balaban J connectivity index is 1.60. The van der Waals surface area contributed by atoms with Gasteiger partial charge in [0.15, 0.2) is 5.17 Å². The molecule has 122 valence electrons. The standard InChI is InChI=1S/C18H17N3O2S/c1-23-15-9-7-13(8-10-15)11-16-17(22)20-18(24-16)21-19-12-14-5-3-2-4-6-14/h2-10,12,16H,11H2,1H3,(H,20,21,22)/t16-/m1/s1. The molecule has 0 spiro atoms. The zero-order valence-corrected chi connectivity index (χ0v) is 14.0. The fraction of sp³-hybridized carbons (Fsp3) is 0.167. The van der Waals surface area contributed by atoms with Crippen LogP contribution >= 0.6 is 11.8 Å². The van der Waals surface area contributed by atoms with Gasteiger partial charge in [-0.3, -0.25) is 4.79 Å². The Kier molecular flexibility index (Phi) is 5.28. The van der Waals surface area contributed by atoms with Crippen molar-refractivity contribution in [2.45, 2.75) is 11.7 Å². The summed E-state index contributed by atoms with van der Waals surface area (Å²) in [6.07, 6.45) is 2.30. The van der Waals surface area contributed by atoms with E-state index in [1.165, 1.54) is 11.8 Å². The lowest BCUT2D eigenvalue weighted by Crippen LogP contribution is -2.25. The average molecular weight is 339 g/mol. The summed E-state index contributed by atoms with van der Waals surface area (Å²) >= 11 is 1.40. The number of nitrogens with zero attached hydrogens (tertiary/aromatic N) is 2. The molecule has 0 aliphatic carbocycles. The maximum atomic E-state index is 12.1. The van der Waals surface area contributed by atoms with Crippen LogP contribution in [0.25, 0.3) is 0 Å². The molecule has 24 heavy (non-hydrogen) atoms. The zero-order chi connectivity index (χ0) is 16.8. The lowest BCUT2D eigenvalue weighted by Gasteiger charge is -2.06. The average Bonchev–Trinajstić information content (AvgIpc) is 2.96. The molecule has 1 saturated heterocycles. The summed E-state index contributed by atoms with van der Waals surface area (Å²) in [5, 5.41) is 11.2. The molecule has 0 aromatic heterocycles. The van der Waals surface area contributed by atoms with E-state index in [0.717, 1.165) is 16.9 Å². The summed E-state index contributed by atoms with van der Waals surface area (Å²) in [6.45, 7) is 0. The van der Waals surface area contributed by atoms with Crippen molar-refractivity contribution in [1.82, 2.24) is 5.32 Å². The Labute approximate surface area is 144 Å². The van der Waals surface area contributed by atoms with E-state index in [2.05, 4.69) is 15.5 Å². The van der Waals surface area contributed by atoms with Gasteiger partial charge in [-0.05, 0) is 29.7 Å². The molecule has 0 unspecified atom stereocenters. The molecule has 0 bridgehead atoms. The van der Waals surface area contributed by atoms with Gasteiger partial charge >= 0.3 is 0 Å². The molecule has 1 amide bonds. The zero-order valence-electron chi connectivity index (χ0n) is 13.2. The van der Waals surface area contributed by atoms with Gasteiger partial charge in [0.2, 0.25) is 5.91 Å². The second kappa shape index (κ2) is 7.79. The third kappa shape index (κ3) is 4.23. The molecule has 1 N–H and O–H groups in total. The van der Waals surface area contributed by atoms with Crippen LogP contribution in [0.5, 0.6) is 5.75 Å². The second-order valence-electron chi connectivity index (χ2n) is 5.21. The number of ether oxygens (including phenoxy) is 1. The first-order chi connectivity index (χ1) is 11.7. The highest BCUT2D eigenvalue weighted by Gasteiger charge is 2.30. The first kappa shape index (κ1) is 16.3. The maximum absolute atomic E-state index is 12.1. The minimum absolute atomic E-state index is 0.0375. The lowest BCUT2D eigenvalue weighted by molar-refractivity contribution is -0.118. The van der Waals surface area contributed by atoms with Crippen LogP contribution in [-0.2, 0) is 11.2 Å². The van der Waals surface area contributed by atoms with Crippen LogP contribution in [-0.4, -0.2) is 29.6 Å². The van der Waals surface area contributed by atoms with Crippen LogP contribution in [0.3, 0.4) is 0 Å².